The number of thiazole rings is 1. The zero-order valence-electron chi connectivity index (χ0n) is 21.1. The Balaban J connectivity index is 1.40. The number of carbonyl (C=O) groups is 3. The molecule has 7 nitrogen and oxygen atoms in total. The summed E-state index contributed by atoms with van der Waals surface area (Å²) in [5.74, 6) is -0.725. The Morgan fingerprint density at radius 1 is 0.949 bits per heavy atom. The van der Waals surface area contributed by atoms with Crippen molar-refractivity contribution in [1.82, 2.24) is 4.98 Å². The standard InChI is InChI=1S/C29H26ClN3O4S2/c1-2-37-26(35)17-23-18-38-29(32-23)33-28(36)27(20-6-4-3-5-7-20)39-24-14-12-22(13-15-24)31-25(34)16-19-8-10-21(30)11-9-19/h3-15,18,27H,2,16-17H2,1H3,(H,31,34)(H,32,33,36). The molecule has 3 aromatic carbocycles. The van der Waals surface area contributed by atoms with Crippen LogP contribution in [0.4, 0.5) is 10.8 Å². The number of ether oxygens (including phenoxy) is 1. The second-order valence-electron chi connectivity index (χ2n) is 8.40. The molecule has 1 aromatic heterocycles. The lowest BCUT2D eigenvalue weighted by Crippen LogP contribution is -2.19. The summed E-state index contributed by atoms with van der Waals surface area (Å²) in [4.78, 5) is 42.7. The fraction of sp³-hybridized carbons (Fsp3) is 0.172. The number of anilines is 2. The first kappa shape index (κ1) is 28.4. The number of hydrogen-bond acceptors (Lipinski definition) is 7. The van der Waals surface area contributed by atoms with Crippen LogP contribution >= 0.6 is 34.7 Å². The van der Waals surface area contributed by atoms with Gasteiger partial charge in [-0.15, -0.1) is 23.1 Å². The fourth-order valence-electron chi connectivity index (χ4n) is 3.62. The molecule has 4 aromatic rings. The van der Waals surface area contributed by atoms with Crippen molar-refractivity contribution in [2.45, 2.75) is 29.9 Å². The third kappa shape index (κ3) is 8.68. The van der Waals surface area contributed by atoms with Crippen LogP contribution in [-0.4, -0.2) is 29.4 Å². The molecule has 1 heterocycles. The summed E-state index contributed by atoms with van der Waals surface area (Å²) in [6.45, 7) is 2.05. The van der Waals surface area contributed by atoms with E-state index in [1.165, 1.54) is 23.1 Å². The molecule has 2 N–H and O–H groups in total. The van der Waals surface area contributed by atoms with Gasteiger partial charge in [0.05, 0.1) is 25.1 Å². The van der Waals surface area contributed by atoms with E-state index in [4.69, 9.17) is 16.3 Å². The van der Waals surface area contributed by atoms with Gasteiger partial charge in [0.1, 0.15) is 5.25 Å². The lowest BCUT2D eigenvalue weighted by molar-refractivity contribution is -0.142. The Labute approximate surface area is 240 Å². The lowest BCUT2D eigenvalue weighted by Gasteiger charge is -2.16. The van der Waals surface area contributed by atoms with E-state index in [0.29, 0.717) is 28.1 Å². The number of nitrogens with one attached hydrogen (secondary N) is 2. The van der Waals surface area contributed by atoms with Gasteiger partial charge in [-0.2, -0.15) is 0 Å². The maximum atomic E-state index is 13.3. The molecule has 10 heteroatoms. The normalized spacial score (nSPS) is 11.4. The average Bonchev–Trinajstić information content (AvgIpc) is 3.36. The largest absolute Gasteiger partial charge is 0.466 e. The number of hydrogen-bond donors (Lipinski definition) is 2. The van der Waals surface area contributed by atoms with Crippen LogP contribution in [0.5, 0.6) is 0 Å². The summed E-state index contributed by atoms with van der Waals surface area (Å²) in [6.07, 6.45) is 0.293. The summed E-state index contributed by atoms with van der Waals surface area (Å²) < 4.78 is 4.97. The molecule has 0 saturated heterocycles. The quantitative estimate of drug-likeness (QED) is 0.154. The van der Waals surface area contributed by atoms with Crippen molar-refractivity contribution in [1.29, 1.82) is 0 Å². The monoisotopic (exact) mass is 579 g/mol. The molecule has 200 valence electrons. The Bertz CT molecular complexity index is 1410. The van der Waals surface area contributed by atoms with Crippen LogP contribution in [0, 0.1) is 0 Å². The number of amides is 2. The van der Waals surface area contributed by atoms with E-state index in [-0.39, 0.29) is 30.6 Å². The first-order valence-electron chi connectivity index (χ1n) is 12.2. The maximum absolute atomic E-state index is 13.3. The smallest absolute Gasteiger partial charge is 0.311 e. The van der Waals surface area contributed by atoms with Crippen molar-refractivity contribution in [3.8, 4) is 0 Å². The molecule has 1 unspecified atom stereocenters. The van der Waals surface area contributed by atoms with Crippen molar-refractivity contribution >= 4 is 63.3 Å². The van der Waals surface area contributed by atoms with Gasteiger partial charge >= 0.3 is 5.97 Å². The molecule has 0 saturated carbocycles. The molecule has 39 heavy (non-hydrogen) atoms. The Morgan fingerprint density at radius 2 is 1.67 bits per heavy atom. The fourth-order valence-corrected chi connectivity index (χ4v) is 5.49. The van der Waals surface area contributed by atoms with Gasteiger partial charge in [-0.1, -0.05) is 54.1 Å². The highest BCUT2D eigenvalue weighted by Crippen LogP contribution is 2.37. The molecular formula is C29H26ClN3O4S2. The van der Waals surface area contributed by atoms with Gasteiger partial charge in [-0.05, 0) is 54.4 Å². The molecule has 2 amide bonds. The van der Waals surface area contributed by atoms with Gasteiger partial charge in [0.2, 0.25) is 11.8 Å². The number of aromatic nitrogens is 1. The van der Waals surface area contributed by atoms with Crippen LogP contribution < -0.4 is 10.6 Å². The highest BCUT2D eigenvalue weighted by molar-refractivity contribution is 8.00. The van der Waals surface area contributed by atoms with Crippen molar-refractivity contribution in [2.75, 3.05) is 17.2 Å². The van der Waals surface area contributed by atoms with Crippen LogP contribution in [-0.2, 0) is 32.0 Å². The molecule has 1 atom stereocenters. The highest BCUT2D eigenvalue weighted by atomic mass is 35.5. The van der Waals surface area contributed by atoms with Crippen LogP contribution in [0.1, 0.15) is 29.0 Å². The number of thioether (sulfide) groups is 1. The number of rotatable bonds is 11. The topological polar surface area (TPSA) is 97.4 Å². The minimum atomic E-state index is -0.547. The van der Waals surface area contributed by atoms with E-state index in [0.717, 1.165) is 16.0 Å². The Morgan fingerprint density at radius 3 is 2.36 bits per heavy atom. The summed E-state index contributed by atoms with van der Waals surface area (Å²) in [6, 6.07) is 24.0. The summed E-state index contributed by atoms with van der Waals surface area (Å²) in [5.41, 5.74) is 2.92. The molecule has 4 rings (SSSR count). The summed E-state index contributed by atoms with van der Waals surface area (Å²) >= 11 is 8.56. The molecule has 0 aliphatic heterocycles. The molecule has 0 radical (unpaired) electrons. The van der Waals surface area contributed by atoms with Crippen molar-refractivity contribution < 1.29 is 19.1 Å². The number of carbonyl (C=O) groups excluding carboxylic acids is 3. The van der Waals surface area contributed by atoms with Gasteiger partial charge in [0.15, 0.2) is 5.13 Å². The summed E-state index contributed by atoms with van der Waals surface area (Å²) in [5, 5.41) is 8.00. The Kier molecular flexibility index (Phi) is 10.1. The van der Waals surface area contributed by atoms with E-state index in [2.05, 4.69) is 15.6 Å². The molecule has 0 spiro atoms. The van der Waals surface area contributed by atoms with Crippen LogP contribution in [0.3, 0.4) is 0 Å². The molecular weight excluding hydrogens is 554 g/mol. The first-order chi connectivity index (χ1) is 18.9. The summed E-state index contributed by atoms with van der Waals surface area (Å²) in [7, 11) is 0. The van der Waals surface area contributed by atoms with E-state index in [1.807, 2.05) is 66.7 Å². The van der Waals surface area contributed by atoms with Gasteiger partial charge in [0, 0.05) is 21.0 Å². The van der Waals surface area contributed by atoms with E-state index < -0.39 is 5.25 Å². The minimum Gasteiger partial charge on any atom is -0.466 e. The van der Waals surface area contributed by atoms with Crippen LogP contribution in [0.2, 0.25) is 5.02 Å². The highest BCUT2D eigenvalue weighted by Gasteiger charge is 2.23. The van der Waals surface area contributed by atoms with E-state index >= 15 is 0 Å². The van der Waals surface area contributed by atoms with Crippen molar-refractivity contribution in [3.63, 3.8) is 0 Å². The van der Waals surface area contributed by atoms with Gasteiger partial charge < -0.3 is 15.4 Å². The van der Waals surface area contributed by atoms with Gasteiger partial charge in [-0.25, -0.2) is 4.98 Å². The first-order valence-corrected chi connectivity index (χ1v) is 14.3. The van der Waals surface area contributed by atoms with Crippen molar-refractivity contribution in [2.24, 2.45) is 0 Å². The third-order valence-corrected chi connectivity index (χ3v) is 7.75. The number of halogens is 1. The molecule has 0 bridgehead atoms. The van der Waals surface area contributed by atoms with Gasteiger partial charge in [0.25, 0.3) is 0 Å². The lowest BCUT2D eigenvalue weighted by atomic mass is 10.1. The van der Waals surface area contributed by atoms with Gasteiger partial charge in [-0.3, -0.25) is 14.4 Å². The van der Waals surface area contributed by atoms with Crippen LogP contribution in [0.15, 0.2) is 89.1 Å². The minimum absolute atomic E-state index is 0.0552. The number of nitrogens with zero attached hydrogens (tertiary/aromatic N) is 1. The SMILES string of the molecule is CCOC(=O)Cc1csc(NC(=O)C(Sc2ccc(NC(=O)Cc3ccc(Cl)cc3)cc2)c2ccccc2)n1. The Hall–Kier alpha value is -3.66. The second kappa shape index (κ2) is 13.9. The zero-order valence-corrected chi connectivity index (χ0v) is 23.4. The second-order valence-corrected chi connectivity index (χ2v) is 10.9. The zero-order chi connectivity index (χ0) is 27.6. The van der Waals surface area contributed by atoms with Crippen molar-refractivity contribution in [3.05, 3.63) is 106 Å². The third-order valence-electron chi connectivity index (χ3n) is 5.42. The number of esters is 1. The number of benzene rings is 3. The average molecular weight is 580 g/mol. The van der Waals surface area contributed by atoms with E-state index in [1.54, 1.807) is 24.4 Å². The van der Waals surface area contributed by atoms with Crippen LogP contribution in [0.25, 0.3) is 0 Å². The predicted octanol–water partition coefficient (Wildman–Crippen LogP) is 6.56. The predicted molar refractivity (Wildman–Crippen MR) is 156 cm³/mol. The maximum Gasteiger partial charge on any atom is 0.311 e. The molecule has 0 fully saturated rings. The van der Waals surface area contributed by atoms with E-state index in [9.17, 15) is 14.4 Å². The molecule has 0 aliphatic rings. The molecule has 0 aliphatic carbocycles.